The summed E-state index contributed by atoms with van der Waals surface area (Å²) in [5.74, 6) is 6.30. The molecule has 0 spiro atoms. The van der Waals surface area contributed by atoms with E-state index < -0.39 is 0 Å². The molecule has 26 heavy (non-hydrogen) atoms. The molecular weight excluding hydrogens is 322 g/mol. The number of hydrogen-bond acceptors (Lipinski definition) is 3. The molecule has 2 aromatic rings. The molecular formula is C23H21NO2. The molecule has 3 heteroatoms. The van der Waals surface area contributed by atoms with Gasteiger partial charge in [0.15, 0.2) is 0 Å². The molecule has 0 bridgehead atoms. The van der Waals surface area contributed by atoms with Crippen molar-refractivity contribution in [3.63, 3.8) is 0 Å². The Balaban J connectivity index is 2.15. The van der Waals surface area contributed by atoms with Gasteiger partial charge in [-0.2, -0.15) is 0 Å². The highest BCUT2D eigenvalue weighted by Crippen LogP contribution is 2.39. The Morgan fingerprint density at radius 3 is 2.58 bits per heavy atom. The van der Waals surface area contributed by atoms with Crippen LogP contribution in [0.15, 0.2) is 72.9 Å². The lowest BCUT2D eigenvalue weighted by atomic mass is 9.88. The van der Waals surface area contributed by atoms with Crippen molar-refractivity contribution in [2.45, 2.75) is 13.0 Å². The van der Waals surface area contributed by atoms with Gasteiger partial charge in [0.05, 0.1) is 12.7 Å². The van der Waals surface area contributed by atoms with E-state index in [1.807, 2.05) is 67.6 Å². The van der Waals surface area contributed by atoms with Crippen LogP contribution in [0.2, 0.25) is 0 Å². The van der Waals surface area contributed by atoms with Gasteiger partial charge < -0.3 is 9.64 Å². The van der Waals surface area contributed by atoms with Gasteiger partial charge in [-0.05, 0) is 30.2 Å². The first-order valence-corrected chi connectivity index (χ1v) is 8.50. The van der Waals surface area contributed by atoms with E-state index in [0.717, 1.165) is 22.4 Å². The molecule has 0 amide bonds. The predicted octanol–water partition coefficient (Wildman–Crippen LogP) is 4.19. The second-order valence-electron chi connectivity index (χ2n) is 6.02. The summed E-state index contributed by atoms with van der Waals surface area (Å²) in [4.78, 5) is 14.5. The van der Waals surface area contributed by atoms with Gasteiger partial charge in [0.25, 0.3) is 0 Å². The van der Waals surface area contributed by atoms with E-state index in [1.54, 1.807) is 0 Å². The monoisotopic (exact) mass is 343 g/mol. The fourth-order valence-corrected chi connectivity index (χ4v) is 3.23. The zero-order valence-electron chi connectivity index (χ0n) is 15.0. The number of carbonyl (C=O) groups excluding carboxylic acids is 1. The van der Waals surface area contributed by atoms with Crippen molar-refractivity contribution in [2.75, 3.05) is 13.7 Å². The summed E-state index contributed by atoms with van der Waals surface area (Å²) in [5.41, 5.74) is 4.28. The summed E-state index contributed by atoms with van der Waals surface area (Å²) in [6, 6.07) is 17.6. The maximum atomic E-state index is 12.4. The number of hydrogen-bond donors (Lipinski definition) is 0. The van der Waals surface area contributed by atoms with Crippen LogP contribution in [0.1, 0.15) is 29.7 Å². The number of ether oxygens (including phenoxy) is 1. The first kappa shape index (κ1) is 17.6. The third-order valence-electron chi connectivity index (χ3n) is 4.47. The summed E-state index contributed by atoms with van der Waals surface area (Å²) >= 11 is 0. The second kappa shape index (κ2) is 7.76. The Labute approximate surface area is 154 Å². The third-order valence-corrected chi connectivity index (χ3v) is 4.47. The van der Waals surface area contributed by atoms with E-state index in [1.165, 1.54) is 7.11 Å². The van der Waals surface area contributed by atoms with E-state index >= 15 is 0 Å². The molecule has 1 heterocycles. The zero-order valence-corrected chi connectivity index (χ0v) is 15.0. The molecule has 130 valence electrons. The summed E-state index contributed by atoms with van der Waals surface area (Å²) in [5, 5.41) is 0. The molecule has 1 unspecified atom stereocenters. The van der Waals surface area contributed by atoms with Crippen molar-refractivity contribution < 1.29 is 9.53 Å². The Morgan fingerprint density at radius 2 is 1.88 bits per heavy atom. The summed E-state index contributed by atoms with van der Waals surface area (Å²) in [7, 11) is 1.41. The smallest absolute Gasteiger partial charge is 0.340 e. The van der Waals surface area contributed by atoms with E-state index in [-0.39, 0.29) is 12.0 Å². The molecule has 0 saturated heterocycles. The van der Waals surface area contributed by atoms with Crippen LogP contribution in [0, 0.1) is 11.8 Å². The minimum absolute atomic E-state index is 0.155. The lowest BCUT2D eigenvalue weighted by Gasteiger charge is -2.37. The molecule has 0 aliphatic carbocycles. The molecule has 1 aliphatic rings. The first-order chi connectivity index (χ1) is 12.7. The largest absolute Gasteiger partial charge is 0.465 e. The minimum atomic E-state index is -0.335. The van der Waals surface area contributed by atoms with Crippen molar-refractivity contribution in [2.24, 2.45) is 0 Å². The maximum Gasteiger partial charge on any atom is 0.340 e. The summed E-state index contributed by atoms with van der Waals surface area (Å²) in [6.07, 6.45) is 1.82. The summed E-state index contributed by atoms with van der Waals surface area (Å²) < 4.78 is 5.02. The van der Waals surface area contributed by atoms with Gasteiger partial charge in [-0.15, -0.1) is 6.58 Å². The molecule has 1 aliphatic heterocycles. The molecule has 0 saturated carbocycles. The van der Waals surface area contributed by atoms with E-state index in [0.29, 0.717) is 12.1 Å². The number of allylic oxidation sites excluding steroid dienone is 1. The fourth-order valence-electron chi connectivity index (χ4n) is 3.23. The van der Waals surface area contributed by atoms with Crippen molar-refractivity contribution in [1.29, 1.82) is 0 Å². The number of carbonyl (C=O) groups is 1. The number of esters is 1. The highest BCUT2D eigenvalue weighted by Gasteiger charge is 2.32. The van der Waals surface area contributed by atoms with Gasteiger partial charge in [-0.25, -0.2) is 4.79 Å². The fraction of sp³-hybridized carbons (Fsp3) is 0.174. The normalized spacial score (nSPS) is 15.6. The zero-order chi connectivity index (χ0) is 18.5. The van der Waals surface area contributed by atoms with Crippen molar-refractivity contribution in [1.82, 2.24) is 4.90 Å². The third kappa shape index (κ3) is 3.27. The van der Waals surface area contributed by atoms with E-state index in [2.05, 4.69) is 23.3 Å². The standard InChI is InChI=1S/C23H21NO2/c1-4-16-24-17(2)22(23(25)26-3)20-13-9-8-12-19(20)21(24)15-14-18-10-6-5-7-11-18/h4-13,21H,1,16H2,2-3H3. The quantitative estimate of drug-likeness (QED) is 0.476. The topological polar surface area (TPSA) is 29.5 Å². The highest BCUT2D eigenvalue weighted by atomic mass is 16.5. The Bertz CT molecular complexity index is 916. The first-order valence-electron chi connectivity index (χ1n) is 8.50. The van der Waals surface area contributed by atoms with Crippen LogP contribution in [-0.2, 0) is 9.53 Å². The van der Waals surface area contributed by atoms with Crippen LogP contribution in [0.3, 0.4) is 0 Å². The van der Waals surface area contributed by atoms with Gasteiger partial charge in [-0.3, -0.25) is 0 Å². The van der Waals surface area contributed by atoms with Crippen LogP contribution >= 0.6 is 0 Å². The number of rotatable bonds is 3. The van der Waals surface area contributed by atoms with Gasteiger partial charge in [0, 0.05) is 17.8 Å². The number of nitrogens with zero attached hydrogens (tertiary/aromatic N) is 1. The van der Waals surface area contributed by atoms with Crippen molar-refractivity contribution in [3.8, 4) is 11.8 Å². The molecule has 0 N–H and O–H groups in total. The summed E-state index contributed by atoms with van der Waals surface area (Å²) in [6.45, 7) is 6.38. The van der Waals surface area contributed by atoms with Crippen LogP contribution in [0.5, 0.6) is 0 Å². The Hall–Kier alpha value is -3.25. The van der Waals surface area contributed by atoms with Gasteiger partial charge >= 0.3 is 5.97 Å². The Kier molecular flexibility index (Phi) is 5.24. The molecule has 3 rings (SSSR count). The molecule has 1 atom stereocenters. The van der Waals surface area contributed by atoms with Crippen LogP contribution in [0.4, 0.5) is 0 Å². The molecule has 0 fully saturated rings. The highest BCUT2D eigenvalue weighted by molar-refractivity contribution is 6.18. The Morgan fingerprint density at radius 1 is 1.19 bits per heavy atom. The van der Waals surface area contributed by atoms with Crippen LogP contribution in [-0.4, -0.2) is 24.5 Å². The van der Waals surface area contributed by atoms with Crippen molar-refractivity contribution >= 4 is 11.5 Å². The lowest BCUT2D eigenvalue weighted by molar-refractivity contribution is -0.133. The SMILES string of the molecule is C=CCN1C(C)=C(C(=O)OC)c2ccccc2C1C#Cc1ccccc1. The van der Waals surface area contributed by atoms with E-state index in [4.69, 9.17) is 4.74 Å². The maximum absolute atomic E-state index is 12.4. The number of fused-ring (bicyclic) bond motifs is 1. The second-order valence-corrected chi connectivity index (χ2v) is 6.02. The van der Waals surface area contributed by atoms with E-state index in [9.17, 15) is 4.79 Å². The molecule has 0 aromatic heterocycles. The minimum Gasteiger partial charge on any atom is -0.465 e. The average molecular weight is 343 g/mol. The van der Waals surface area contributed by atoms with Gasteiger partial charge in [0.1, 0.15) is 6.04 Å². The predicted molar refractivity (Wildman–Crippen MR) is 104 cm³/mol. The molecule has 2 aromatic carbocycles. The van der Waals surface area contributed by atoms with Crippen LogP contribution < -0.4 is 0 Å². The van der Waals surface area contributed by atoms with Gasteiger partial charge in [0.2, 0.25) is 0 Å². The molecule has 3 nitrogen and oxygen atoms in total. The van der Waals surface area contributed by atoms with Crippen LogP contribution in [0.25, 0.3) is 5.57 Å². The van der Waals surface area contributed by atoms with Crippen molar-refractivity contribution in [3.05, 3.63) is 89.6 Å². The molecule has 0 radical (unpaired) electrons. The number of benzene rings is 2. The van der Waals surface area contributed by atoms with Gasteiger partial charge in [-0.1, -0.05) is 60.4 Å². The number of methoxy groups -OCH3 is 1. The lowest BCUT2D eigenvalue weighted by Crippen LogP contribution is -2.33. The average Bonchev–Trinajstić information content (AvgIpc) is 2.68.